The first-order valence-corrected chi connectivity index (χ1v) is 5.49. The molecule has 0 aliphatic heterocycles. The van der Waals surface area contributed by atoms with Crippen molar-refractivity contribution >= 4 is 6.09 Å². The van der Waals surface area contributed by atoms with Gasteiger partial charge in [-0.25, -0.2) is 4.79 Å². The molecule has 1 amide bonds. The number of amides is 1. The summed E-state index contributed by atoms with van der Waals surface area (Å²) in [6.07, 6.45) is -0.0246. The molecule has 2 atom stereocenters. The molecule has 0 aromatic heterocycles. The van der Waals surface area contributed by atoms with Gasteiger partial charge in [0.25, 0.3) is 0 Å². The van der Waals surface area contributed by atoms with Crippen molar-refractivity contribution in [3.05, 3.63) is 0 Å². The molecule has 96 valence electrons. The van der Waals surface area contributed by atoms with Crippen molar-refractivity contribution in [3.8, 4) is 0 Å². The minimum Gasteiger partial charge on any atom is -0.444 e. The maximum atomic E-state index is 11.4. The van der Waals surface area contributed by atoms with Gasteiger partial charge in [-0.1, -0.05) is 6.92 Å². The van der Waals surface area contributed by atoms with Crippen molar-refractivity contribution in [2.45, 2.75) is 45.8 Å². The van der Waals surface area contributed by atoms with Crippen molar-refractivity contribution in [1.82, 2.24) is 5.32 Å². The molecule has 0 spiro atoms. The van der Waals surface area contributed by atoms with Crippen LogP contribution in [0.1, 0.15) is 34.1 Å². The van der Waals surface area contributed by atoms with Crippen LogP contribution in [0.15, 0.2) is 0 Å². The molecule has 0 aliphatic rings. The fourth-order valence-corrected chi connectivity index (χ4v) is 1.21. The fraction of sp³-hybridized carbons (Fsp3) is 0.909. The first-order valence-electron chi connectivity index (χ1n) is 5.49. The quantitative estimate of drug-likeness (QED) is 0.659. The number of hydrogen-bond donors (Lipinski definition) is 3. The first kappa shape index (κ1) is 15.2. The smallest absolute Gasteiger partial charge is 0.407 e. The Bertz CT molecular complexity index is 213. The second-order valence-electron chi connectivity index (χ2n) is 5.05. The third kappa shape index (κ3) is 7.48. The number of aliphatic hydroxyl groups is 2. The van der Waals surface area contributed by atoms with Crippen molar-refractivity contribution in [2.75, 3.05) is 13.2 Å². The van der Waals surface area contributed by atoms with Crippen molar-refractivity contribution in [2.24, 2.45) is 5.92 Å². The molecule has 0 saturated carbocycles. The van der Waals surface area contributed by atoms with Crippen LogP contribution in [0.3, 0.4) is 0 Å². The predicted molar refractivity (Wildman–Crippen MR) is 61.1 cm³/mol. The van der Waals surface area contributed by atoms with E-state index in [4.69, 9.17) is 14.9 Å². The standard InChI is InChI=1S/C11H23NO4/c1-8(6-13)5-9(7-14)12-10(15)16-11(2,3)4/h8-9,13-14H,5-7H2,1-4H3,(H,12,15)/t8-,9?/m0/s1. The molecule has 0 rings (SSSR count). The van der Waals surface area contributed by atoms with E-state index >= 15 is 0 Å². The number of nitrogens with one attached hydrogen (secondary N) is 1. The maximum absolute atomic E-state index is 11.4. The van der Waals surface area contributed by atoms with Gasteiger partial charge < -0.3 is 20.3 Å². The molecule has 0 saturated heterocycles. The summed E-state index contributed by atoms with van der Waals surface area (Å²) in [4.78, 5) is 11.4. The van der Waals surface area contributed by atoms with Crippen LogP contribution in [0.2, 0.25) is 0 Å². The van der Waals surface area contributed by atoms with Crippen LogP contribution >= 0.6 is 0 Å². The third-order valence-electron chi connectivity index (χ3n) is 1.94. The van der Waals surface area contributed by atoms with Crippen molar-refractivity contribution in [1.29, 1.82) is 0 Å². The molecule has 0 aromatic carbocycles. The number of rotatable bonds is 5. The maximum Gasteiger partial charge on any atom is 0.407 e. The summed E-state index contributed by atoms with van der Waals surface area (Å²) in [5, 5.41) is 20.5. The Morgan fingerprint density at radius 3 is 2.25 bits per heavy atom. The lowest BCUT2D eigenvalue weighted by atomic mass is 10.0. The molecule has 1 unspecified atom stereocenters. The Morgan fingerprint density at radius 2 is 1.88 bits per heavy atom. The molecular weight excluding hydrogens is 210 g/mol. The lowest BCUT2D eigenvalue weighted by molar-refractivity contribution is 0.0467. The summed E-state index contributed by atoms with van der Waals surface area (Å²) in [7, 11) is 0. The Balaban J connectivity index is 4.07. The van der Waals surface area contributed by atoms with Crippen LogP contribution in [0.25, 0.3) is 0 Å². The summed E-state index contributed by atoms with van der Waals surface area (Å²) >= 11 is 0. The lowest BCUT2D eigenvalue weighted by Crippen LogP contribution is -2.42. The van der Waals surface area contributed by atoms with Gasteiger partial charge in [0, 0.05) is 6.61 Å². The first-order chi connectivity index (χ1) is 7.28. The fourth-order valence-electron chi connectivity index (χ4n) is 1.21. The Morgan fingerprint density at radius 1 is 1.31 bits per heavy atom. The highest BCUT2D eigenvalue weighted by Crippen LogP contribution is 2.09. The van der Waals surface area contributed by atoms with Gasteiger partial charge in [0.15, 0.2) is 0 Å². The molecule has 0 heterocycles. The van der Waals surface area contributed by atoms with Crippen LogP contribution in [-0.4, -0.2) is 41.2 Å². The van der Waals surface area contributed by atoms with E-state index in [0.717, 1.165) is 0 Å². The van der Waals surface area contributed by atoms with Crippen LogP contribution in [0.4, 0.5) is 4.79 Å². The average molecular weight is 233 g/mol. The molecular formula is C11H23NO4. The molecule has 0 fully saturated rings. The molecule has 3 N–H and O–H groups in total. The zero-order valence-corrected chi connectivity index (χ0v) is 10.5. The van der Waals surface area contributed by atoms with E-state index in [0.29, 0.717) is 6.42 Å². The van der Waals surface area contributed by atoms with Gasteiger partial charge in [-0.05, 0) is 33.1 Å². The molecule has 0 bridgehead atoms. The van der Waals surface area contributed by atoms with E-state index in [2.05, 4.69) is 5.32 Å². The van der Waals surface area contributed by atoms with E-state index in [1.165, 1.54) is 0 Å². The SMILES string of the molecule is C[C@H](CO)CC(CO)NC(=O)OC(C)(C)C. The van der Waals surface area contributed by atoms with Gasteiger partial charge in [-0.2, -0.15) is 0 Å². The topological polar surface area (TPSA) is 78.8 Å². The van der Waals surface area contributed by atoms with Crippen LogP contribution < -0.4 is 5.32 Å². The van der Waals surface area contributed by atoms with Crippen LogP contribution in [0, 0.1) is 5.92 Å². The predicted octanol–water partition coefficient (Wildman–Crippen LogP) is 0.890. The summed E-state index contributed by atoms with van der Waals surface area (Å²) in [5.41, 5.74) is -0.549. The van der Waals surface area contributed by atoms with Crippen LogP contribution in [-0.2, 0) is 4.74 Å². The highest BCUT2D eigenvalue weighted by atomic mass is 16.6. The number of aliphatic hydroxyl groups excluding tert-OH is 2. The zero-order chi connectivity index (χ0) is 12.8. The zero-order valence-electron chi connectivity index (χ0n) is 10.5. The van der Waals surface area contributed by atoms with Gasteiger partial charge in [-0.15, -0.1) is 0 Å². The number of carbonyl (C=O) groups is 1. The Kier molecular flexibility index (Phi) is 6.36. The van der Waals surface area contributed by atoms with Crippen molar-refractivity contribution < 1.29 is 19.7 Å². The van der Waals surface area contributed by atoms with Gasteiger partial charge in [-0.3, -0.25) is 0 Å². The monoisotopic (exact) mass is 233 g/mol. The number of alkyl carbamates (subject to hydrolysis) is 1. The van der Waals surface area contributed by atoms with Crippen LogP contribution in [0.5, 0.6) is 0 Å². The summed E-state index contributed by atoms with van der Waals surface area (Å²) < 4.78 is 5.06. The largest absolute Gasteiger partial charge is 0.444 e. The normalized spacial score (nSPS) is 15.4. The van der Waals surface area contributed by atoms with Gasteiger partial charge >= 0.3 is 6.09 Å². The highest BCUT2D eigenvalue weighted by Gasteiger charge is 2.20. The van der Waals surface area contributed by atoms with E-state index < -0.39 is 11.7 Å². The van der Waals surface area contributed by atoms with Gasteiger partial charge in [0.05, 0.1) is 12.6 Å². The van der Waals surface area contributed by atoms with Gasteiger partial charge in [0.2, 0.25) is 0 Å². The molecule has 16 heavy (non-hydrogen) atoms. The molecule has 5 heteroatoms. The van der Waals surface area contributed by atoms with Crippen molar-refractivity contribution in [3.63, 3.8) is 0 Å². The lowest BCUT2D eigenvalue weighted by Gasteiger charge is -2.23. The van der Waals surface area contributed by atoms with E-state index in [9.17, 15) is 4.79 Å². The minimum absolute atomic E-state index is 0.0342. The van der Waals surface area contributed by atoms with E-state index in [1.54, 1.807) is 20.8 Å². The molecule has 0 aromatic rings. The molecule has 5 nitrogen and oxygen atoms in total. The number of carbonyl (C=O) groups excluding carboxylic acids is 1. The molecule has 0 aliphatic carbocycles. The minimum atomic E-state index is -0.549. The van der Waals surface area contributed by atoms with Gasteiger partial charge in [0.1, 0.15) is 5.60 Å². The third-order valence-corrected chi connectivity index (χ3v) is 1.94. The highest BCUT2D eigenvalue weighted by molar-refractivity contribution is 5.68. The van der Waals surface area contributed by atoms with E-state index in [1.807, 2.05) is 6.92 Å². The molecule has 0 radical (unpaired) electrons. The average Bonchev–Trinajstić information content (AvgIpc) is 2.13. The summed E-state index contributed by atoms with van der Waals surface area (Å²) in [6.45, 7) is 7.04. The summed E-state index contributed by atoms with van der Waals surface area (Å²) in [5.74, 6) is 0.0343. The van der Waals surface area contributed by atoms with E-state index in [-0.39, 0.29) is 25.2 Å². The number of hydrogen-bond acceptors (Lipinski definition) is 4. The second-order valence-corrected chi connectivity index (χ2v) is 5.05. The summed E-state index contributed by atoms with van der Waals surface area (Å²) in [6, 6.07) is -0.378. The second kappa shape index (κ2) is 6.70. The number of ether oxygens (including phenoxy) is 1. The Hall–Kier alpha value is -0.810. The Labute approximate surface area is 96.8 Å².